The summed E-state index contributed by atoms with van der Waals surface area (Å²) in [5, 5.41) is 12.8. The summed E-state index contributed by atoms with van der Waals surface area (Å²) >= 11 is 0. The molecule has 0 radical (unpaired) electrons. The van der Waals surface area contributed by atoms with E-state index in [0.717, 1.165) is 0 Å². The lowest BCUT2D eigenvalue weighted by Crippen LogP contribution is -2.29. The predicted molar refractivity (Wildman–Crippen MR) is 65.4 cm³/mol. The molecule has 20 heavy (non-hydrogen) atoms. The van der Waals surface area contributed by atoms with Gasteiger partial charge >= 0.3 is 6.18 Å². The molecule has 1 aromatic rings. The minimum atomic E-state index is -4.36. The normalized spacial score (nSPS) is 11.2. The smallest absolute Gasteiger partial charge is 0.370 e. The molecule has 0 aliphatic rings. The lowest BCUT2D eigenvalue weighted by atomic mass is 10.3. The molecule has 2 N–H and O–H groups in total. The lowest BCUT2D eigenvalue weighted by Gasteiger charge is -2.08. The van der Waals surface area contributed by atoms with E-state index in [2.05, 4.69) is 25.6 Å². The van der Waals surface area contributed by atoms with Crippen LogP contribution >= 0.6 is 0 Å². The number of nitrogens with one attached hydrogen (secondary N) is 2. The first-order chi connectivity index (χ1) is 9.42. The van der Waals surface area contributed by atoms with E-state index in [-0.39, 0.29) is 18.8 Å². The molecule has 0 aliphatic heterocycles. The highest BCUT2D eigenvalue weighted by molar-refractivity contribution is 5.92. The zero-order valence-corrected chi connectivity index (χ0v) is 10.8. The van der Waals surface area contributed by atoms with Gasteiger partial charge in [-0.3, -0.25) is 4.79 Å². The van der Waals surface area contributed by atoms with E-state index in [4.69, 9.17) is 0 Å². The van der Waals surface area contributed by atoms with Crippen LogP contribution in [0.5, 0.6) is 0 Å². The van der Waals surface area contributed by atoms with Crippen LogP contribution < -0.4 is 10.6 Å². The van der Waals surface area contributed by atoms with Crippen LogP contribution in [0.15, 0.2) is 12.1 Å². The van der Waals surface area contributed by atoms with Gasteiger partial charge in [0, 0.05) is 13.1 Å². The minimum absolute atomic E-state index is 0.0362. The molecule has 1 amide bonds. The molecule has 0 saturated carbocycles. The maximum absolute atomic E-state index is 11.8. The van der Waals surface area contributed by atoms with Crippen LogP contribution in [0.25, 0.3) is 0 Å². The highest BCUT2D eigenvalue weighted by Gasteiger charge is 2.27. The summed E-state index contributed by atoms with van der Waals surface area (Å²) in [5.74, 6) is 0.0220. The van der Waals surface area contributed by atoms with E-state index in [0.29, 0.717) is 12.4 Å². The van der Waals surface area contributed by atoms with Crippen molar-refractivity contribution in [1.29, 1.82) is 0 Å². The van der Waals surface area contributed by atoms with Gasteiger partial charge in [-0.2, -0.15) is 13.2 Å². The summed E-state index contributed by atoms with van der Waals surface area (Å²) in [6.45, 7) is 0.972. The van der Waals surface area contributed by atoms with Crippen LogP contribution in [0.3, 0.4) is 0 Å². The molecule has 1 heterocycles. The second kappa shape index (κ2) is 7.63. The maximum atomic E-state index is 11.8. The Balaban J connectivity index is 2.28. The lowest BCUT2D eigenvalue weighted by molar-refractivity contribution is -0.173. The Bertz CT molecular complexity index is 423. The van der Waals surface area contributed by atoms with Crippen LogP contribution in [0.2, 0.25) is 0 Å². The van der Waals surface area contributed by atoms with Crippen molar-refractivity contribution < 1.29 is 22.7 Å². The number of hydrogen-bond donors (Lipinski definition) is 2. The Morgan fingerprint density at radius 3 is 2.65 bits per heavy atom. The zero-order chi connectivity index (χ0) is 15.0. The molecule has 0 bridgehead atoms. The molecule has 9 heteroatoms. The fraction of sp³-hybridized carbons (Fsp3) is 0.545. The summed E-state index contributed by atoms with van der Waals surface area (Å²) in [6, 6.07) is 3.06. The topological polar surface area (TPSA) is 76.1 Å². The van der Waals surface area contributed by atoms with Gasteiger partial charge in [0.2, 0.25) is 0 Å². The zero-order valence-electron chi connectivity index (χ0n) is 10.8. The van der Waals surface area contributed by atoms with E-state index in [1.807, 2.05) is 6.92 Å². The molecule has 0 aliphatic carbocycles. The number of hydrogen-bond acceptors (Lipinski definition) is 5. The number of halogens is 3. The van der Waals surface area contributed by atoms with Crippen molar-refractivity contribution in [2.24, 2.45) is 0 Å². The van der Waals surface area contributed by atoms with Crippen LogP contribution in [0, 0.1) is 0 Å². The molecule has 0 saturated heterocycles. The summed E-state index contributed by atoms with van der Waals surface area (Å²) < 4.78 is 39.7. The van der Waals surface area contributed by atoms with Crippen molar-refractivity contribution in [1.82, 2.24) is 15.5 Å². The van der Waals surface area contributed by atoms with E-state index in [1.165, 1.54) is 6.07 Å². The second-order valence-corrected chi connectivity index (χ2v) is 3.76. The van der Waals surface area contributed by atoms with Crippen molar-refractivity contribution in [3.05, 3.63) is 17.8 Å². The Morgan fingerprint density at radius 2 is 2.10 bits per heavy atom. The number of alkyl halides is 3. The van der Waals surface area contributed by atoms with Gasteiger partial charge in [-0.1, -0.05) is 0 Å². The number of amides is 1. The van der Waals surface area contributed by atoms with Gasteiger partial charge in [-0.05, 0) is 19.1 Å². The van der Waals surface area contributed by atoms with Crippen LogP contribution in [-0.4, -0.2) is 48.6 Å². The first-order valence-corrected chi connectivity index (χ1v) is 5.92. The third-order valence-corrected chi connectivity index (χ3v) is 2.05. The van der Waals surface area contributed by atoms with Gasteiger partial charge in [0.05, 0.1) is 6.61 Å². The monoisotopic (exact) mass is 292 g/mol. The Morgan fingerprint density at radius 1 is 1.35 bits per heavy atom. The number of aromatic nitrogens is 2. The molecule has 0 fully saturated rings. The van der Waals surface area contributed by atoms with E-state index >= 15 is 0 Å². The molecular formula is C11H15F3N4O2. The molecule has 1 aromatic heterocycles. The van der Waals surface area contributed by atoms with Gasteiger partial charge in [-0.25, -0.2) is 0 Å². The Hall–Kier alpha value is -1.90. The van der Waals surface area contributed by atoms with Gasteiger partial charge in [0.25, 0.3) is 5.91 Å². The average molecular weight is 292 g/mol. The minimum Gasteiger partial charge on any atom is -0.370 e. The van der Waals surface area contributed by atoms with Crippen LogP contribution in [-0.2, 0) is 4.74 Å². The number of carbonyl (C=O) groups is 1. The van der Waals surface area contributed by atoms with Crippen LogP contribution in [0.1, 0.15) is 17.4 Å². The van der Waals surface area contributed by atoms with Crippen molar-refractivity contribution in [2.75, 3.05) is 31.6 Å². The number of carbonyl (C=O) groups excluding carboxylic acids is 1. The molecule has 0 atom stereocenters. The third-order valence-electron chi connectivity index (χ3n) is 2.05. The number of ether oxygens (including phenoxy) is 1. The predicted octanol–water partition coefficient (Wildman–Crippen LogP) is 1.22. The number of anilines is 1. The Labute approximate surface area is 113 Å². The molecule has 112 valence electrons. The fourth-order valence-electron chi connectivity index (χ4n) is 1.24. The van der Waals surface area contributed by atoms with E-state index in [9.17, 15) is 18.0 Å². The first kappa shape index (κ1) is 16.2. The first-order valence-electron chi connectivity index (χ1n) is 5.92. The molecule has 0 spiro atoms. The average Bonchev–Trinajstić information content (AvgIpc) is 2.38. The van der Waals surface area contributed by atoms with Gasteiger partial charge in [0.15, 0.2) is 5.69 Å². The summed E-state index contributed by atoms with van der Waals surface area (Å²) in [7, 11) is 0. The highest BCUT2D eigenvalue weighted by atomic mass is 19.4. The quantitative estimate of drug-likeness (QED) is 0.739. The van der Waals surface area contributed by atoms with Crippen molar-refractivity contribution in [3.63, 3.8) is 0 Å². The van der Waals surface area contributed by atoms with Gasteiger partial charge in [0.1, 0.15) is 12.4 Å². The van der Waals surface area contributed by atoms with E-state index < -0.39 is 18.7 Å². The van der Waals surface area contributed by atoms with Crippen molar-refractivity contribution >= 4 is 11.7 Å². The molecule has 0 aromatic carbocycles. The standard InChI is InChI=1S/C11H15F3N4O2/c1-2-15-9-4-3-8(17-18-9)10(19)16-5-6-20-7-11(12,13)14/h3-4H,2,5-7H2,1H3,(H,15,18)(H,16,19). The van der Waals surface area contributed by atoms with E-state index in [1.54, 1.807) is 6.07 Å². The fourth-order valence-corrected chi connectivity index (χ4v) is 1.24. The maximum Gasteiger partial charge on any atom is 0.411 e. The molecule has 0 unspecified atom stereocenters. The molecule has 1 rings (SSSR count). The number of rotatable bonds is 7. The van der Waals surface area contributed by atoms with Crippen molar-refractivity contribution in [3.8, 4) is 0 Å². The third kappa shape index (κ3) is 6.32. The molecular weight excluding hydrogens is 277 g/mol. The van der Waals surface area contributed by atoms with Gasteiger partial charge < -0.3 is 15.4 Å². The van der Waals surface area contributed by atoms with Crippen molar-refractivity contribution in [2.45, 2.75) is 13.1 Å². The summed E-state index contributed by atoms with van der Waals surface area (Å²) in [5.41, 5.74) is 0.0856. The summed E-state index contributed by atoms with van der Waals surface area (Å²) in [6.07, 6.45) is -4.36. The number of nitrogens with zero attached hydrogens (tertiary/aromatic N) is 2. The SMILES string of the molecule is CCNc1ccc(C(=O)NCCOCC(F)(F)F)nn1. The summed E-state index contributed by atoms with van der Waals surface area (Å²) in [4.78, 5) is 11.6. The molecule has 6 nitrogen and oxygen atoms in total. The van der Waals surface area contributed by atoms with Gasteiger partial charge in [-0.15, -0.1) is 10.2 Å². The Kier molecular flexibility index (Phi) is 6.16. The largest absolute Gasteiger partial charge is 0.411 e. The highest BCUT2D eigenvalue weighted by Crippen LogP contribution is 2.13. The second-order valence-electron chi connectivity index (χ2n) is 3.76. The van der Waals surface area contributed by atoms with Crippen LogP contribution in [0.4, 0.5) is 19.0 Å².